The lowest BCUT2D eigenvalue weighted by molar-refractivity contribution is 0.297. The molecule has 6 heteroatoms. The molecule has 0 unspecified atom stereocenters. The summed E-state index contributed by atoms with van der Waals surface area (Å²) in [4.78, 5) is 4.59. The lowest BCUT2D eigenvalue weighted by Gasteiger charge is -2.15. The van der Waals surface area contributed by atoms with Crippen molar-refractivity contribution in [1.29, 1.82) is 0 Å². The van der Waals surface area contributed by atoms with Crippen molar-refractivity contribution in [3.63, 3.8) is 0 Å². The van der Waals surface area contributed by atoms with Gasteiger partial charge in [0, 0.05) is 23.6 Å². The van der Waals surface area contributed by atoms with E-state index in [0.29, 0.717) is 25.7 Å². The largest absolute Gasteiger partial charge is 0.497 e. The molecule has 0 atom stereocenters. The van der Waals surface area contributed by atoms with Gasteiger partial charge >= 0.3 is 0 Å². The Morgan fingerprint density at radius 1 is 1.15 bits per heavy atom. The molecule has 0 bridgehead atoms. The molecule has 0 radical (unpaired) electrons. The molecule has 2 aliphatic rings. The highest BCUT2D eigenvalue weighted by atomic mass is 16.5. The van der Waals surface area contributed by atoms with Gasteiger partial charge in [0.15, 0.2) is 17.5 Å². The molecule has 142 valence electrons. The number of hydrogen-bond acceptors (Lipinski definition) is 4. The summed E-state index contributed by atoms with van der Waals surface area (Å²) in [6, 6.07) is 13.9. The number of hydrogen-bond donors (Lipinski definition) is 2. The predicted octanol–water partition coefficient (Wildman–Crippen LogP) is 3.31. The van der Waals surface area contributed by atoms with Crippen molar-refractivity contribution in [2.75, 3.05) is 32.2 Å². The number of benzene rings is 2. The first-order valence-electron chi connectivity index (χ1n) is 9.30. The van der Waals surface area contributed by atoms with Crippen LogP contribution in [-0.4, -0.2) is 32.8 Å². The quantitative estimate of drug-likeness (QED) is 0.626. The molecule has 27 heavy (non-hydrogen) atoms. The first-order chi connectivity index (χ1) is 13.2. The van der Waals surface area contributed by atoms with Crippen LogP contribution in [0.3, 0.4) is 0 Å². The molecule has 1 aliphatic carbocycles. The highest BCUT2D eigenvalue weighted by Gasteiger charge is 2.44. The Bertz CT molecular complexity index is 846. The van der Waals surface area contributed by atoms with Gasteiger partial charge in [0.1, 0.15) is 5.75 Å². The smallest absolute Gasteiger partial charge is 0.193 e. The maximum absolute atomic E-state index is 6.12. The monoisotopic (exact) mass is 367 g/mol. The van der Waals surface area contributed by atoms with Crippen LogP contribution in [0, 0.1) is 0 Å². The van der Waals surface area contributed by atoms with E-state index in [-0.39, 0.29) is 5.41 Å². The van der Waals surface area contributed by atoms with Gasteiger partial charge < -0.3 is 25.3 Å². The van der Waals surface area contributed by atoms with Gasteiger partial charge in [0.05, 0.1) is 26.9 Å². The van der Waals surface area contributed by atoms with E-state index in [1.807, 2.05) is 30.3 Å². The van der Waals surface area contributed by atoms with Crippen molar-refractivity contribution in [2.45, 2.75) is 24.7 Å². The van der Waals surface area contributed by atoms with Crippen molar-refractivity contribution in [3.05, 3.63) is 48.0 Å². The Morgan fingerprint density at radius 3 is 2.74 bits per heavy atom. The number of ether oxygens (including phenoxy) is 3. The molecular formula is C21H25N3O3. The third-order valence-corrected chi connectivity index (χ3v) is 5.11. The molecule has 0 amide bonds. The van der Waals surface area contributed by atoms with Gasteiger partial charge in [0.2, 0.25) is 0 Å². The standard InChI is InChI=1S/C21H25N3O3/c1-25-17-5-2-4-15(12-17)21(8-9-21)14-23-20(22)24-16-6-7-18-19(13-16)27-11-3-10-26-18/h2,4-7,12-13H,3,8-11,14H2,1H3,(H3,22,23,24). The molecule has 2 aromatic carbocycles. The summed E-state index contributed by atoms with van der Waals surface area (Å²) < 4.78 is 16.7. The van der Waals surface area contributed by atoms with E-state index in [0.717, 1.165) is 42.2 Å². The third-order valence-electron chi connectivity index (χ3n) is 5.11. The summed E-state index contributed by atoms with van der Waals surface area (Å²) in [7, 11) is 1.69. The van der Waals surface area contributed by atoms with Crippen molar-refractivity contribution >= 4 is 11.6 Å². The number of rotatable bonds is 5. The van der Waals surface area contributed by atoms with E-state index in [1.54, 1.807) is 7.11 Å². The van der Waals surface area contributed by atoms with Gasteiger partial charge in [-0.25, -0.2) is 0 Å². The summed E-state index contributed by atoms with van der Waals surface area (Å²) in [6.45, 7) is 1.99. The summed E-state index contributed by atoms with van der Waals surface area (Å²) in [5.74, 6) is 2.78. The zero-order valence-electron chi connectivity index (χ0n) is 15.5. The molecular weight excluding hydrogens is 342 g/mol. The predicted molar refractivity (Wildman–Crippen MR) is 106 cm³/mol. The minimum Gasteiger partial charge on any atom is -0.497 e. The van der Waals surface area contributed by atoms with Gasteiger partial charge in [-0.3, -0.25) is 4.99 Å². The van der Waals surface area contributed by atoms with Crippen LogP contribution < -0.4 is 25.3 Å². The normalized spacial score (nSPS) is 17.7. The van der Waals surface area contributed by atoms with E-state index in [1.165, 1.54) is 5.56 Å². The number of nitrogens with one attached hydrogen (secondary N) is 1. The zero-order valence-corrected chi connectivity index (χ0v) is 15.5. The van der Waals surface area contributed by atoms with Gasteiger partial charge in [-0.15, -0.1) is 0 Å². The fraction of sp³-hybridized carbons (Fsp3) is 0.381. The minimum absolute atomic E-state index is 0.0750. The van der Waals surface area contributed by atoms with Crippen LogP contribution in [0.5, 0.6) is 17.2 Å². The van der Waals surface area contributed by atoms with Crippen LogP contribution in [0.15, 0.2) is 47.5 Å². The van der Waals surface area contributed by atoms with Crippen LogP contribution in [0.25, 0.3) is 0 Å². The molecule has 0 spiro atoms. The molecule has 1 fully saturated rings. The van der Waals surface area contributed by atoms with Gasteiger partial charge in [-0.2, -0.15) is 0 Å². The van der Waals surface area contributed by atoms with E-state index < -0.39 is 0 Å². The second-order valence-electron chi connectivity index (χ2n) is 7.05. The fourth-order valence-corrected chi connectivity index (χ4v) is 3.31. The molecule has 3 N–H and O–H groups in total. The Labute approximate surface area is 159 Å². The molecule has 2 aromatic rings. The Balaban J connectivity index is 1.43. The van der Waals surface area contributed by atoms with Crippen LogP contribution in [-0.2, 0) is 5.41 Å². The molecule has 1 saturated carbocycles. The van der Waals surface area contributed by atoms with Crippen molar-refractivity contribution in [2.24, 2.45) is 10.7 Å². The number of guanidine groups is 1. The maximum Gasteiger partial charge on any atom is 0.193 e. The average molecular weight is 367 g/mol. The summed E-state index contributed by atoms with van der Waals surface area (Å²) >= 11 is 0. The van der Waals surface area contributed by atoms with Gasteiger partial charge in [-0.1, -0.05) is 12.1 Å². The molecule has 0 aromatic heterocycles. The Hall–Kier alpha value is -2.89. The Kier molecular flexibility index (Phi) is 4.79. The highest BCUT2D eigenvalue weighted by molar-refractivity contribution is 5.92. The lowest BCUT2D eigenvalue weighted by Crippen LogP contribution is -2.25. The number of nitrogens with two attached hydrogens (primary N) is 1. The number of aliphatic imine (C=N–C) groups is 1. The summed E-state index contributed by atoms with van der Waals surface area (Å²) in [5, 5.41) is 3.15. The Morgan fingerprint density at radius 2 is 1.96 bits per heavy atom. The van der Waals surface area contributed by atoms with E-state index in [4.69, 9.17) is 19.9 Å². The second kappa shape index (κ2) is 7.39. The van der Waals surface area contributed by atoms with Crippen LogP contribution in [0.1, 0.15) is 24.8 Å². The first-order valence-corrected chi connectivity index (χ1v) is 9.30. The average Bonchev–Trinajstić information content (AvgIpc) is 3.51. The second-order valence-corrected chi connectivity index (χ2v) is 7.05. The van der Waals surface area contributed by atoms with E-state index >= 15 is 0 Å². The van der Waals surface area contributed by atoms with Gasteiger partial charge in [0.25, 0.3) is 0 Å². The molecule has 6 nitrogen and oxygen atoms in total. The van der Waals surface area contributed by atoms with Crippen LogP contribution >= 0.6 is 0 Å². The number of anilines is 1. The number of nitrogens with zero attached hydrogens (tertiary/aromatic N) is 1. The van der Waals surface area contributed by atoms with Crippen molar-refractivity contribution in [1.82, 2.24) is 0 Å². The molecule has 4 rings (SSSR count). The van der Waals surface area contributed by atoms with Crippen molar-refractivity contribution < 1.29 is 14.2 Å². The summed E-state index contributed by atoms with van der Waals surface area (Å²) in [5.41, 5.74) is 8.30. The van der Waals surface area contributed by atoms with E-state index in [9.17, 15) is 0 Å². The number of methoxy groups -OCH3 is 1. The number of fused-ring (bicyclic) bond motifs is 1. The molecule has 0 saturated heterocycles. The van der Waals surface area contributed by atoms with Gasteiger partial charge in [-0.05, 0) is 42.7 Å². The summed E-state index contributed by atoms with van der Waals surface area (Å²) in [6.07, 6.45) is 3.11. The maximum atomic E-state index is 6.12. The van der Waals surface area contributed by atoms with Crippen LogP contribution in [0.4, 0.5) is 5.69 Å². The topological polar surface area (TPSA) is 78.1 Å². The molecule has 1 heterocycles. The zero-order chi connectivity index (χ0) is 18.7. The third kappa shape index (κ3) is 3.94. The lowest BCUT2D eigenvalue weighted by atomic mass is 9.96. The molecule has 1 aliphatic heterocycles. The minimum atomic E-state index is 0.0750. The van der Waals surface area contributed by atoms with Crippen molar-refractivity contribution in [3.8, 4) is 17.2 Å². The highest BCUT2D eigenvalue weighted by Crippen LogP contribution is 2.49. The van der Waals surface area contributed by atoms with E-state index in [2.05, 4.69) is 22.4 Å². The first kappa shape index (κ1) is 17.5. The SMILES string of the molecule is COc1cccc(C2(CN=C(N)Nc3ccc4c(c3)OCCCO4)CC2)c1. The fourth-order valence-electron chi connectivity index (χ4n) is 3.31. The van der Waals surface area contributed by atoms with Crippen LogP contribution in [0.2, 0.25) is 0 Å².